The van der Waals surface area contributed by atoms with Gasteiger partial charge in [-0.25, -0.2) is 9.48 Å². The van der Waals surface area contributed by atoms with Gasteiger partial charge in [-0.1, -0.05) is 56.7 Å². The summed E-state index contributed by atoms with van der Waals surface area (Å²) in [6.45, 7) is 8.99. The number of amides is 3. The van der Waals surface area contributed by atoms with E-state index in [4.69, 9.17) is 14.6 Å². The molecule has 0 saturated carbocycles. The third kappa shape index (κ3) is 7.30. The Morgan fingerprint density at radius 3 is 2.40 bits per heavy atom. The molecule has 45 heavy (non-hydrogen) atoms. The van der Waals surface area contributed by atoms with Gasteiger partial charge < -0.3 is 19.7 Å². The number of aryl methyl sites for hydroxylation is 1. The molecule has 1 saturated heterocycles. The van der Waals surface area contributed by atoms with Crippen LogP contribution in [0.3, 0.4) is 0 Å². The fraction of sp³-hybridized carbons (Fsp3) is 0.361. The maximum atomic E-state index is 13.8. The van der Waals surface area contributed by atoms with Crippen LogP contribution in [0.25, 0.3) is 5.69 Å². The van der Waals surface area contributed by atoms with E-state index in [2.05, 4.69) is 31.4 Å². The lowest BCUT2D eigenvalue weighted by Gasteiger charge is -2.36. The second-order valence-electron chi connectivity index (χ2n) is 12.6. The van der Waals surface area contributed by atoms with Gasteiger partial charge in [-0.15, -0.1) is 0 Å². The Bertz CT molecular complexity index is 1650. The maximum absolute atomic E-state index is 13.8. The van der Waals surface area contributed by atoms with Gasteiger partial charge >= 0.3 is 6.03 Å². The van der Waals surface area contributed by atoms with Crippen molar-refractivity contribution in [3.63, 3.8) is 0 Å². The molecule has 236 valence electrons. The summed E-state index contributed by atoms with van der Waals surface area (Å²) in [7, 11) is 3.15. The molecular formula is C36H43N5O4. The van der Waals surface area contributed by atoms with Gasteiger partial charge in [0.25, 0.3) is 5.91 Å². The minimum Gasteiger partial charge on any atom is -0.497 e. The van der Waals surface area contributed by atoms with Crippen LogP contribution in [0.5, 0.6) is 11.5 Å². The average Bonchev–Trinajstić information content (AvgIpc) is 3.46. The summed E-state index contributed by atoms with van der Waals surface area (Å²) < 4.78 is 12.6. The normalized spacial score (nSPS) is 15.0. The van der Waals surface area contributed by atoms with Gasteiger partial charge in [0, 0.05) is 35.8 Å². The third-order valence-corrected chi connectivity index (χ3v) is 8.25. The summed E-state index contributed by atoms with van der Waals surface area (Å²) in [6.07, 6.45) is 3.45. The first-order valence-electron chi connectivity index (χ1n) is 15.4. The molecule has 1 unspecified atom stereocenters. The van der Waals surface area contributed by atoms with Crippen LogP contribution in [-0.2, 0) is 11.8 Å². The van der Waals surface area contributed by atoms with Crippen LogP contribution >= 0.6 is 0 Å². The summed E-state index contributed by atoms with van der Waals surface area (Å²) in [5, 5.41) is 10.9. The van der Waals surface area contributed by atoms with E-state index < -0.39 is 0 Å². The van der Waals surface area contributed by atoms with Crippen LogP contribution in [0.2, 0.25) is 0 Å². The molecule has 9 heteroatoms. The van der Waals surface area contributed by atoms with Gasteiger partial charge in [0.1, 0.15) is 17.3 Å². The Kier molecular flexibility index (Phi) is 9.46. The van der Waals surface area contributed by atoms with Crippen molar-refractivity contribution in [2.45, 2.75) is 64.8 Å². The average molecular weight is 610 g/mol. The Morgan fingerprint density at radius 2 is 1.69 bits per heavy atom. The molecule has 1 aliphatic heterocycles. The van der Waals surface area contributed by atoms with Gasteiger partial charge in [0.05, 0.1) is 31.2 Å². The van der Waals surface area contributed by atoms with Crippen LogP contribution in [0.15, 0.2) is 72.8 Å². The highest BCUT2D eigenvalue weighted by Gasteiger charge is 2.30. The zero-order valence-electron chi connectivity index (χ0n) is 27.0. The van der Waals surface area contributed by atoms with E-state index in [1.807, 2.05) is 66.4 Å². The minimum atomic E-state index is -0.365. The summed E-state index contributed by atoms with van der Waals surface area (Å²) in [5.41, 5.74) is 4.85. The van der Waals surface area contributed by atoms with Gasteiger partial charge in [0.2, 0.25) is 0 Å². The lowest BCUT2D eigenvalue weighted by atomic mass is 9.92. The summed E-state index contributed by atoms with van der Waals surface area (Å²) in [6, 6.07) is 22.6. The van der Waals surface area contributed by atoms with Crippen molar-refractivity contribution in [3.05, 3.63) is 95.2 Å². The first-order valence-corrected chi connectivity index (χ1v) is 15.4. The molecule has 0 aliphatic carbocycles. The molecule has 0 radical (unpaired) electrons. The van der Waals surface area contributed by atoms with Crippen LogP contribution in [0.1, 0.15) is 67.2 Å². The largest absolute Gasteiger partial charge is 0.497 e. The number of benzene rings is 3. The van der Waals surface area contributed by atoms with Gasteiger partial charge in [0.15, 0.2) is 0 Å². The number of anilines is 2. The molecule has 1 aliphatic rings. The molecule has 1 fully saturated rings. The third-order valence-electron chi connectivity index (χ3n) is 8.25. The SMILES string of the molecule is COc1ccc(C(=O)N2CCCCC2Cc2ccccc2NC(=O)Nc2cc(C(C)(C)C)nn2-c2ccc(C)cc2)c(OC)c1. The lowest BCUT2D eigenvalue weighted by molar-refractivity contribution is 0.0610. The number of carbonyl (C=O) groups is 2. The molecular weight excluding hydrogens is 566 g/mol. The smallest absolute Gasteiger partial charge is 0.324 e. The zero-order chi connectivity index (χ0) is 32.1. The number of rotatable bonds is 8. The van der Waals surface area contributed by atoms with Crippen molar-refractivity contribution in [2.24, 2.45) is 0 Å². The number of hydrogen-bond donors (Lipinski definition) is 2. The number of carbonyl (C=O) groups excluding carboxylic acids is 2. The van der Waals surface area contributed by atoms with Gasteiger partial charge in [-0.3, -0.25) is 10.1 Å². The molecule has 5 rings (SSSR count). The van der Waals surface area contributed by atoms with Gasteiger partial charge in [-0.05, 0) is 68.5 Å². The number of methoxy groups -OCH3 is 2. The Morgan fingerprint density at radius 1 is 0.933 bits per heavy atom. The second-order valence-corrected chi connectivity index (χ2v) is 12.6. The van der Waals surface area contributed by atoms with E-state index in [-0.39, 0.29) is 23.4 Å². The number of hydrogen-bond acceptors (Lipinski definition) is 5. The highest BCUT2D eigenvalue weighted by atomic mass is 16.5. The van der Waals surface area contributed by atoms with E-state index in [1.165, 1.54) is 0 Å². The molecule has 2 N–H and O–H groups in total. The molecule has 1 atom stereocenters. The van der Waals surface area contributed by atoms with Crippen molar-refractivity contribution in [2.75, 3.05) is 31.4 Å². The number of likely N-dealkylation sites (tertiary alicyclic amines) is 1. The predicted octanol–water partition coefficient (Wildman–Crippen LogP) is 7.38. The van der Waals surface area contributed by atoms with E-state index >= 15 is 0 Å². The number of nitrogens with zero attached hydrogens (tertiary/aromatic N) is 3. The Labute approximate surface area is 265 Å². The standard InChI is InChI=1S/C36H43N5O4/c1-24-14-16-26(17-15-24)41-33(23-32(39-41)36(2,3)4)38-35(43)37-30-13-8-7-11-25(30)21-27-12-9-10-20-40(27)34(42)29-19-18-28(44-5)22-31(29)45-6/h7-8,11,13-19,22-23,27H,9-10,12,20-21H2,1-6H3,(H2,37,38,43). The van der Waals surface area contributed by atoms with E-state index in [0.29, 0.717) is 41.5 Å². The van der Waals surface area contributed by atoms with Gasteiger partial charge in [-0.2, -0.15) is 5.10 Å². The zero-order valence-corrected chi connectivity index (χ0v) is 27.0. The first kappa shape index (κ1) is 31.6. The maximum Gasteiger partial charge on any atom is 0.324 e. The first-order chi connectivity index (χ1) is 21.6. The predicted molar refractivity (Wildman–Crippen MR) is 178 cm³/mol. The van der Waals surface area contributed by atoms with Crippen LogP contribution in [0, 0.1) is 6.92 Å². The molecule has 0 spiro atoms. The van der Waals surface area contributed by atoms with E-state index in [9.17, 15) is 9.59 Å². The molecule has 2 heterocycles. The fourth-order valence-electron chi connectivity index (χ4n) is 5.67. The van der Waals surface area contributed by atoms with Crippen molar-refractivity contribution in [3.8, 4) is 17.2 Å². The monoisotopic (exact) mass is 609 g/mol. The Hall–Kier alpha value is -4.79. The number of urea groups is 1. The summed E-state index contributed by atoms with van der Waals surface area (Å²) >= 11 is 0. The van der Waals surface area contributed by atoms with E-state index in [0.717, 1.165) is 41.8 Å². The van der Waals surface area contributed by atoms with Crippen molar-refractivity contribution in [1.29, 1.82) is 0 Å². The number of ether oxygens (including phenoxy) is 2. The molecule has 1 aromatic heterocycles. The summed E-state index contributed by atoms with van der Waals surface area (Å²) in [4.78, 5) is 29.2. The highest BCUT2D eigenvalue weighted by Crippen LogP contribution is 2.31. The highest BCUT2D eigenvalue weighted by molar-refractivity contribution is 6.00. The van der Waals surface area contributed by atoms with Crippen LogP contribution < -0.4 is 20.1 Å². The number of para-hydroxylation sites is 1. The summed E-state index contributed by atoms with van der Waals surface area (Å²) in [5.74, 6) is 1.63. The quantitative estimate of drug-likeness (QED) is 0.217. The van der Waals surface area contributed by atoms with Crippen molar-refractivity contribution in [1.82, 2.24) is 14.7 Å². The number of piperidine rings is 1. The fourth-order valence-corrected chi connectivity index (χ4v) is 5.67. The molecule has 4 aromatic rings. The van der Waals surface area contributed by atoms with Crippen molar-refractivity contribution < 1.29 is 19.1 Å². The molecule has 0 bridgehead atoms. The topological polar surface area (TPSA) is 97.7 Å². The van der Waals surface area contributed by atoms with E-state index in [1.54, 1.807) is 37.1 Å². The molecule has 3 aromatic carbocycles. The number of nitrogens with one attached hydrogen (secondary N) is 2. The number of aromatic nitrogens is 2. The minimum absolute atomic E-state index is 0.0265. The van der Waals surface area contributed by atoms with Crippen LogP contribution in [-0.4, -0.2) is 53.4 Å². The lowest BCUT2D eigenvalue weighted by Crippen LogP contribution is -2.45. The molecule has 9 nitrogen and oxygen atoms in total. The van der Waals surface area contributed by atoms with Crippen LogP contribution in [0.4, 0.5) is 16.3 Å². The second kappa shape index (κ2) is 13.5. The Balaban J connectivity index is 1.35. The van der Waals surface area contributed by atoms with Crippen molar-refractivity contribution >= 4 is 23.4 Å². The molecule has 3 amide bonds.